The van der Waals surface area contributed by atoms with Gasteiger partial charge in [0.2, 0.25) is 0 Å². The summed E-state index contributed by atoms with van der Waals surface area (Å²) < 4.78 is 6.38. The molecule has 1 aliphatic heterocycles. The minimum Gasteiger partial charge on any atom is -0.379 e. The molecule has 0 saturated carbocycles. The average Bonchev–Trinajstić information content (AvgIpc) is 3.27. The number of hydrogen-bond acceptors (Lipinski definition) is 7. The maximum Gasteiger partial charge on any atom is 0.280 e. The van der Waals surface area contributed by atoms with Gasteiger partial charge in [0.15, 0.2) is 5.13 Å². The summed E-state index contributed by atoms with van der Waals surface area (Å²) in [6.07, 6.45) is 2.36. The number of rotatable bonds is 6. The highest BCUT2D eigenvalue weighted by atomic mass is 35.5. The summed E-state index contributed by atoms with van der Waals surface area (Å²) in [5, 5.41) is 1.20. The highest BCUT2D eigenvalue weighted by Gasteiger charge is 2.24. The summed E-state index contributed by atoms with van der Waals surface area (Å²) in [6, 6.07) is 13.2. The molecule has 0 unspecified atom stereocenters. The summed E-state index contributed by atoms with van der Waals surface area (Å²) in [4.78, 5) is 31.3. The number of ether oxygens (including phenoxy) is 1. The van der Waals surface area contributed by atoms with E-state index < -0.39 is 0 Å². The van der Waals surface area contributed by atoms with E-state index in [1.165, 1.54) is 11.3 Å². The number of aromatic nitrogens is 3. The Bertz CT molecular complexity index is 1260. The molecule has 32 heavy (non-hydrogen) atoms. The molecule has 1 aliphatic rings. The van der Waals surface area contributed by atoms with Crippen LogP contribution in [-0.2, 0) is 4.74 Å². The highest BCUT2D eigenvalue weighted by Crippen LogP contribution is 2.33. The molecule has 164 valence electrons. The van der Waals surface area contributed by atoms with Gasteiger partial charge in [0, 0.05) is 26.2 Å². The molecule has 7 nitrogen and oxygen atoms in total. The number of benzene rings is 2. The minimum atomic E-state index is -0.208. The molecule has 3 heterocycles. The Morgan fingerprint density at radius 3 is 2.72 bits per heavy atom. The maximum atomic E-state index is 13.6. The zero-order valence-corrected chi connectivity index (χ0v) is 19.0. The number of carbonyl (C=O) groups excluding carboxylic acids is 1. The molecule has 0 aliphatic carbocycles. The minimum absolute atomic E-state index is 0.208. The largest absolute Gasteiger partial charge is 0.379 e. The standard InChI is InChI=1S/C23H22ClN5O2S/c24-16-5-3-8-20-21(16)27-23(32-20)29(10-4-9-28-11-13-31-14-12-28)22(30)19-15-25-17-6-1-2-7-18(17)26-19/h1-3,5-8,15H,4,9-14H2. The molecule has 0 N–H and O–H groups in total. The van der Waals surface area contributed by atoms with Gasteiger partial charge in [-0.3, -0.25) is 19.6 Å². The van der Waals surface area contributed by atoms with Crippen LogP contribution in [0.2, 0.25) is 5.02 Å². The molecule has 0 radical (unpaired) electrons. The number of amides is 1. The molecule has 4 aromatic rings. The number of thiazole rings is 1. The summed E-state index contributed by atoms with van der Waals surface area (Å²) in [5.41, 5.74) is 2.47. The second kappa shape index (κ2) is 9.46. The molecule has 0 spiro atoms. The Kier molecular flexibility index (Phi) is 6.27. The fourth-order valence-electron chi connectivity index (χ4n) is 3.78. The van der Waals surface area contributed by atoms with E-state index in [0.29, 0.717) is 33.4 Å². The molecule has 1 fully saturated rings. The van der Waals surface area contributed by atoms with Gasteiger partial charge in [0.25, 0.3) is 5.91 Å². The van der Waals surface area contributed by atoms with Gasteiger partial charge in [-0.05, 0) is 30.7 Å². The normalized spacial score (nSPS) is 14.8. The number of para-hydroxylation sites is 3. The third kappa shape index (κ3) is 4.45. The van der Waals surface area contributed by atoms with E-state index >= 15 is 0 Å². The monoisotopic (exact) mass is 467 g/mol. The average molecular weight is 468 g/mol. The Morgan fingerprint density at radius 2 is 1.91 bits per heavy atom. The quantitative estimate of drug-likeness (QED) is 0.422. The summed E-state index contributed by atoms with van der Waals surface area (Å²) >= 11 is 7.80. The number of carbonyl (C=O) groups is 1. The van der Waals surface area contributed by atoms with Gasteiger partial charge in [-0.25, -0.2) is 9.97 Å². The number of halogens is 1. The Hall–Kier alpha value is -2.65. The number of anilines is 1. The third-order valence-electron chi connectivity index (χ3n) is 5.46. The SMILES string of the molecule is O=C(c1cnc2ccccc2n1)N(CCCN1CCOCC1)c1nc2c(Cl)cccc2s1. The number of hydrogen-bond donors (Lipinski definition) is 0. The fraction of sp³-hybridized carbons (Fsp3) is 0.304. The van der Waals surface area contributed by atoms with Crippen LogP contribution in [-0.4, -0.2) is 65.2 Å². The van der Waals surface area contributed by atoms with Crippen molar-refractivity contribution in [3.05, 3.63) is 59.4 Å². The Balaban J connectivity index is 1.44. The van der Waals surface area contributed by atoms with Crippen molar-refractivity contribution in [3.8, 4) is 0 Å². The first kappa shape index (κ1) is 21.2. The third-order valence-corrected chi connectivity index (χ3v) is 6.81. The second-order valence-corrected chi connectivity index (χ2v) is 9.01. The lowest BCUT2D eigenvalue weighted by atomic mass is 10.2. The molecular weight excluding hydrogens is 446 g/mol. The van der Waals surface area contributed by atoms with Crippen molar-refractivity contribution in [1.82, 2.24) is 19.9 Å². The van der Waals surface area contributed by atoms with Crippen molar-refractivity contribution >= 4 is 55.2 Å². The van der Waals surface area contributed by atoms with Gasteiger partial charge >= 0.3 is 0 Å². The molecule has 1 amide bonds. The van der Waals surface area contributed by atoms with Crippen LogP contribution in [0.3, 0.4) is 0 Å². The van der Waals surface area contributed by atoms with E-state index in [-0.39, 0.29) is 5.91 Å². The molecule has 9 heteroatoms. The lowest BCUT2D eigenvalue weighted by Gasteiger charge is -2.27. The van der Waals surface area contributed by atoms with Gasteiger partial charge in [0.1, 0.15) is 11.2 Å². The van der Waals surface area contributed by atoms with Crippen LogP contribution >= 0.6 is 22.9 Å². The second-order valence-electron chi connectivity index (χ2n) is 7.59. The van der Waals surface area contributed by atoms with Crippen LogP contribution in [0.15, 0.2) is 48.7 Å². The lowest BCUT2D eigenvalue weighted by Crippen LogP contribution is -2.39. The van der Waals surface area contributed by atoms with Crippen LogP contribution in [0.25, 0.3) is 21.3 Å². The molecule has 0 bridgehead atoms. The lowest BCUT2D eigenvalue weighted by molar-refractivity contribution is 0.0376. The zero-order chi connectivity index (χ0) is 21.9. The van der Waals surface area contributed by atoms with Crippen LogP contribution < -0.4 is 4.90 Å². The van der Waals surface area contributed by atoms with E-state index in [0.717, 1.165) is 49.5 Å². The zero-order valence-electron chi connectivity index (χ0n) is 17.4. The van der Waals surface area contributed by atoms with E-state index in [4.69, 9.17) is 21.3 Å². The molecule has 0 atom stereocenters. The van der Waals surface area contributed by atoms with Crippen LogP contribution in [0.5, 0.6) is 0 Å². The van der Waals surface area contributed by atoms with E-state index in [2.05, 4.69) is 14.9 Å². The van der Waals surface area contributed by atoms with E-state index in [1.54, 1.807) is 11.1 Å². The van der Waals surface area contributed by atoms with Gasteiger partial charge in [-0.15, -0.1) is 0 Å². The van der Waals surface area contributed by atoms with Crippen molar-refractivity contribution in [2.75, 3.05) is 44.3 Å². The molecule has 1 saturated heterocycles. The van der Waals surface area contributed by atoms with E-state index in [1.807, 2.05) is 42.5 Å². The topological polar surface area (TPSA) is 71.5 Å². The predicted molar refractivity (Wildman–Crippen MR) is 128 cm³/mol. The number of fused-ring (bicyclic) bond motifs is 2. The molecule has 2 aromatic heterocycles. The van der Waals surface area contributed by atoms with Gasteiger partial charge in [0.05, 0.1) is 40.2 Å². The van der Waals surface area contributed by atoms with Crippen LogP contribution in [0, 0.1) is 0 Å². The molecular formula is C23H22ClN5O2S. The molecule has 2 aromatic carbocycles. The highest BCUT2D eigenvalue weighted by molar-refractivity contribution is 7.22. The van der Waals surface area contributed by atoms with Gasteiger partial charge in [-0.2, -0.15) is 0 Å². The Labute approximate surface area is 194 Å². The summed E-state index contributed by atoms with van der Waals surface area (Å²) in [6.45, 7) is 4.77. The first-order chi connectivity index (χ1) is 15.7. The Morgan fingerprint density at radius 1 is 1.09 bits per heavy atom. The first-order valence-corrected chi connectivity index (χ1v) is 11.8. The summed E-state index contributed by atoms with van der Waals surface area (Å²) in [5.74, 6) is -0.208. The van der Waals surface area contributed by atoms with Gasteiger partial charge in [-0.1, -0.05) is 41.1 Å². The van der Waals surface area contributed by atoms with Crippen molar-refractivity contribution in [3.63, 3.8) is 0 Å². The fourth-order valence-corrected chi connectivity index (χ4v) is 5.07. The van der Waals surface area contributed by atoms with E-state index in [9.17, 15) is 4.79 Å². The van der Waals surface area contributed by atoms with Crippen molar-refractivity contribution in [1.29, 1.82) is 0 Å². The number of nitrogens with zero attached hydrogens (tertiary/aromatic N) is 5. The summed E-state index contributed by atoms with van der Waals surface area (Å²) in [7, 11) is 0. The van der Waals surface area contributed by atoms with Gasteiger partial charge < -0.3 is 4.74 Å². The number of morpholine rings is 1. The predicted octanol–water partition coefficient (Wildman–Crippen LogP) is 4.26. The van der Waals surface area contributed by atoms with Crippen LogP contribution in [0.4, 0.5) is 5.13 Å². The molecule has 5 rings (SSSR count). The van der Waals surface area contributed by atoms with Crippen molar-refractivity contribution in [2.45, 2.75) is 6.42 Å². The first-order valence-electron chi connectivity index (χ1n) is 10.6. The smallest absolute Gasteiger partial charge is 0.280 e. The van der Waals surface area contributed by atoms with Crippen molar-refractivity contribution < 1.29 is 9.53 Å². The van der Waals surface area contributed by atoms with Crippen molar-refractivity contribution in [2.24, 2.45) is 0 Å². The maximum absolute atomic E-state index is 13.6. The van der Waals surface area contributed by atoms with Crippen LogP contribution in [0.1, 0.15) is 16.9 Å².